The molecular formula is C24H35N3O4. The lowest BCUT2D eigenvalue weighted by Gasteiger charge is -2.13. The molecule has 0 fully saturated rings. The summed E-state index contributed by atoms with van der Waals surface area (Å²) in [5, 5.41) is 6.66. The maximum absolute atomic E-state index is 5.66. The normalized spacial score (nSPS) is 11.3. The van der Waals surface area contributed by atoms with Gasteiger partial charge in [-0.25, -0.2) is 4.99 Å². The van der Waals surface area contributed by atoms with Gasteiger partial charge in [0.1, 0.15) is 0 Å². The average Bonchev–Trinajstić information content (AvgIpc) is 2.80. The third kappa shape index (κ3) is 8.86. The highest BCUT2D eigenvalue weighted by atomic mass is 16.5. The topological polar surface area (TPSA) is 73.3 Å². The highest BCUT2D eigenvalue weighted by Gasteiger charge is 2.05. The predicted molar refractivity (Wildman–Crippen MR) is 124 cm³/mol. The first-order valence-electron chi connectivity index (χ1n) is 10.7. The van der Waals surface area contributed by atoms with E-state index in [1.54, 1.807) is 14.2 Å². The quantitative estimate of drug-likeness (QED) is 0.288. The molecule has 7 heteroatoms. The van der Waals surface area contributed by atoms with Crippen molar-refractivity contribution >= 4 is 5.96 Å². The Morgan fingerprint density at radius 2 is 1.61 bits per heavy atom. The monoisotopic (exact) mass is 429 g/mol. The standard InChI is InChI=1S/C24H35N3O4/c1-5-25-24(27-17-20-10-11-22(28-3)23(15-20)29-4)26-16-19-8-7-9-21(14-19)18-31-13-12-30-6-2/h7-11,14-15H,5-6,12-13,16-18H2,1-4H3,(H2,25,26,27). The van der Waals surface area contributed by atoms with Crippen molar-refractivity contribution in [3.8, 4) is 11.5 Å². The van der Waals surface area contributed by atoms with E-state index in [0.29, 0.717) is 51.0 Å². The lowest BCUT2D eigenvalue weighted by atomic mass is 10.1. The van der Waals surface area contributed by atoms with Gasteiger partial charge in [0, 0.05) is 19.7 Å². The molecule has 0 bridgehead atoms. The molecule has 0 spiro atoms. The van der Waals surface area contributed by atoms with Gasteiger partial charge in [0.2, 0.25) is 0 Å². The van der Waals surface area contributed by atoms with E-state index in [4.69, 9.17) is 23.9 Å². The fraction of sp³-hybridized carbons (Fsp3) is 0.458. The van der Waals surface area contributed by atoms with Crippen molar-refractivity contribution in [1.29, 1.82) is 0 Å². The Kier molecular flexibility index (Phi) is 11.3. The minimum Gasteiger partial charge on any atom is -0.493 e. The maximum Gasteiger partial charge on any atom is 0.191 e. The number of aliphatic imine (C=N–C) groups is 1. The van der Waals surface area contributed by atoms with Crippen molar-refractivity contribution in [3.63, 3.8) is 0 Å². The molecule has 7 nitrogen and oxygen atoms in total. The van der Waals surface area contributed by atoms with Crippen LogP contribution in [0.25, 0.3) is 0 Å². The van der Waals surface area contributed by atoms with Crippen LogP contribution in [0.5, 0.6) is 11.5 Å². The molecule has 0 heterocycles. The number of benzene rings is 2. The Morgan fingerprint density at radius 3 is 2.35 bits per heavy atom. The first kappa shape index (κ1) is 24.5. The van der Waals surface area contributed by atoms with E-state index < -0.39 is 0 Å². The molecule has 0 radical (unpaired) electrons. The van der Waals surface area contributed by atoms with E-state index in [0.717, 1.165) is 29.2 Å². The number of ether oxygens (including phenoxy) is 4. The predicted octanol–water partition coefficient (Wildman–Crippen LogP) is 3.51. The maximum atomic E-state index is 5.66. The summed E-state index contributed by atoms with van der Waals surface area (Å²) in [6.07, 6.45) is 0. The van der Waals surface area contributed by atoms with Crippen LogP contribution in [-0.4, -0.2) is 46.5 Å². The highest BCUT2D eigenvalue weighted by Crippen LogP contribution is 2.27. The molecule has 2 rings (SSSR count). The fourth-order valence-corrected chi connectivity index (χ4v) is 2.96. The summed E-state index contributed by atoms with van der Waals surface area (Å²) in [6.45, 7) is 8.52. The number of hydrogen-bond donors (Lipinski definition) is 2. The molecule has 31 heavy (non-hydrogen) atoms. The van der Waals surface area contributed by atoms with Crippen molar-refractivity contribution in [2.75, 3.05) is 40.6 Å². The second kappa shape index (κ2) is 14.3. The van der Waals surface area contributed by atoms with Crippen LogP contribution >= 0.6 is 0 Å². The molecule has 0 aromatic heterocycles. The zero-order valence-electron chi connectivity index (χ0n) is 19.1. The van der Waals surface area contributed by atoms with Crippen molar-refractivity contribution < 1.29 is 18.9 Å². The van der Waals surface area contributed by atoms with Gasteiger partial charge in [-0.3, -0.25) is 0 Å². The molecule has 0 saturated carbocycles. The Hall–Kier alpha value is -2.77. The zero-order chi connectivity index (χ0) is 22.3. The Balaban J connectivity index is 1.93. The van der Waals surface area contributed by atoms with Crippen molar-refractivity contribution in [2.45, 2.75) is 33.5 Å². The second-order valence-corrected chi connectivity index (χ2v) is 6.81. The van der Waals surface area contributed by atoms with Gasteiger partial charge in [-0.15, -0.1) is 0 Å². The molecule has 0 saturated heterocycles. The Morgan fingerprint density at radius 1 is 0.839 bits per heavy atom. The summed E-state index contributed by atoms with van der Waals surface area (Å²) in [6, 6.07) is 14.2. The zero-order valence-corrected chi connectivity index (χ0v) is 19.1. The van der Waals surface area contributed by atoms with E-state index >= 15 is 0 Å². The summed E-state index contributed by atoms with van der Waals surface area (Å²) in [5.74, 6) is 2.19. The lowest BCUT2D eigenvalue weighted by molar-refractivity contribution is 0.0453. The summed E-state index contributed by atoms with van der Waals surface area (Å²) < 4.78 is 21.6. The number of nitrogens with zero attached hydrogens (tertiary/aromatic N) is 1. The van der Waals surface area contributed by atoms with Crippen molar-refractivity contribution in [2.24, 2.45) is 4.99 Å². The van der Waals surface area contributed by atoms with Gasteiger partial charge in [0.15, 0.2) is 17.5 Å². The summed E-state index contributed by atoms with van der Waals surface area (Å²) in [5.41, 5.74) is 3.34. The van der Waals surface area contributed by atoms with Crippen LogP contribution in [0.2, 0.25) is 0 Å². The van der Waals surface area contributed by atoms with Crippen molar-refractivity contribution in [1.82, 2.24) is 10.6 Å². The third-order valence-electron chi connectivity index (χ3n) is 4.51. The number of hydrogen-bond acceptors (Lipinski definition) is 5. The summed E-state index contributed by atoms with van der Waals surface area (Å²) in [4.78, 5) is 4.71. The minimum atomic E-state index is 0.572. The first-order valence-corrected chi connectivity index (χ1v) is 10.7. The Bertz CT molecular complexity index is 811. The van der Waals surface area contributed by atoms with Gasteiger partial charge in [0.25, 0.3) is 0 Å². The first-order chi connectivity index (χ1) is 15.2. The van der Waals surface area contributed by atoms with E-state index in [1.807, 2.05) is 38.1 Å². The number of rotatable bonds is 13. The Labute approximate surface area is 185 Å². The summed E-state index contributed by atoms with van der Waals surface area (Å²) >= 11 is 0. The van der Waals surface area contributed by atoms with Crippen molar-refractivity contribution in [3.05, 3.63) is 59.2 Å². The molecular weight excluding hydrogens is 394 g/mol. The van der Waals surface area contributed by atoms with Gasteiger partial charge in [-0.05, 0) is 42.7 Å². The van der Waals surface area contributed by atoms with Crippen LogP contribution in [-0.2, 0) is 29.2 Å². The lowest BCUT2D eigenvalue weighted by Crippen LogP contribution is -2.36. The molecule has 0 aliphatic rings. The van der Waals surface area contributed by atoms with Gasteiger partial charge < -0.3 is 29.6 Å². The molecule has 2 aromatic rings. The SMILES string of the molecule is CCNC(=NCc1cccc(COCCOCC)c1)NCc1ccc(OC)c(OC)c1. The molecule has 0 atom stereocenters. The number of nitrogens with one attached hydrogen (secondary N) is 2. The van der Waals surface area contributed by atoms with Gasteiger partial charge in [0.05, 0.1) is 40.6 Å². The molecule has 0 unspecified atom stereocenters. The van der Waals surface area contributed by atoms with Gasteiger partial charge >= 0.3 is 0 Å². The van der Waals surface area contributed by atoms with Crippen LogP contribution in [0.1, 0.15) is 30.5 Å². The molecule has 0 aliphatic heterocycles. The summed E-state index contributed by atoms with van der Waals surface area (Å²) in [7, 11) is 3.27. The second-order valence-electron chi connectivity index (χ2n) is 6.81. The highest BCUT2D eigenvalue weighted by molar-refractivity contribution is 5.79. The smallest absolute Gasteiger partial charge is 0.191 e. The van der Waals surface area contributed by atoms with Crippen LogP contribution in [0, 0.1) is 0 Å². The van der Waals surface area contributed by atoms with Crippen LogP contribution in [0.4, 0.5) is 0 Å². The molecule has 2 aromatic carbocycles. The van der Waals surface area contributed by atoms with Crippen LogP contribution in [0.3, 0.4) is 0 Å². The molecule has 2 N–H and O–H groups in total. The van der Waals surface area contributed by atoms with Gasteiger partial charge in [-0.2, -0.15) is 0 Å². The van der Waals surface area contributed by atoms with E-state index in [9.17, 15) is 0 Å². The molecule has 0 aliphatic carbocycles. The molecule has 170 valence electrons. The molecule has 0 amide bonds. The van der Waals surface area contributed by atoms with E-state index in [2.05, 4.69) is 28.8 Å². The van der Waals surface area contributed by atoms with Crippen LogP contribution < -0.4 is 20.1 Å². The van der Waals surface area contributed by atoms with E-state index in [-0.39, 0.29) is 0 Å². The largest absolute Gasteiger partial charge is 0.493 e. The average molecular weight is 430 g/mol. The third-order valence-corrected chi connectivity index (χ3v) is 4.51. The minimum absolute atomic E-state index is 0.572. The van der Waals surface area contributed by atoms with Gasteiger partial charge in [-0.1, -0.05) is 30.3 Å². The number of methoxy groups -OCH3 is 2. The van der Waals surface area contributed by atoms with Crippen LogP contribution in [0.15, 0.2) is 47.5 Å². The fourth-order valence-electron chi connectivity index (χ4n) is 2.96. The number of guanidine groups is 1. The van der Waals surface area contributed by atoms with E-state index in [1.165, 1.54) is 0 Å².